The number of para-hydroxylation sites is 1. The fraction of sp³-hybridized carbons (Fsp3) is 0.538. The third kappa shape index (κ3) is 4.21. The Morgan fingerprint density at radius 2 is 2.00 bits per heavy atom. The van der Waals surface area contributed by atoms with Crippen LogP contribution in [0.1, 0.15) is 13.3 Å². The lowest BCUT2D eigenvalue weighted by Crippen LogP contribution is -2.38. The molecule has 1 atom stereocenters. The van der Waals surface area contributed by atoms with Crippen LogP contribution in [0.4, 0.5) is 5.69 Å². The summed E-state index contributed by atoms with van der Waals surface area (Å²) in [6, 6.07) is 10.5. The first-order valence-electron chi connectivity index (χ1n) is 5.82. The van der Waals surface area contributed by atoms with Gasteiger partial charge < -0.3 is 15.4 Å². The maximum absolute atomic E-state index is 6.05. The number of rotatable bonds is 7. The lowest BCUT2D eigenvalue weighted by atomic mass is 10.2. The Hall–Kier alpha value is -1.06. The van der Waals surface area contributed by atoms with Gasteiger partial charge in [0.25, 0.3) is 0 Å². The topological polar surface area (TPSA) is 38.5 Å². The Morgan fingerprint density at radius 1 is 1.31 bits per heavy atom. The molecule has 16 heavy (non-hydrogen) atoms. The van der Waals surface area contributed by atoms with Gasteiger partial charge in [0.05, 0.1) is 0 Å². The maximum Gasteiger partial charge on any atom is 0.0477 e. The molecule has 2 N–H and O–H groups in total. The first-order chi connectivity index (χ1) is 7.77. The lowest BCUT2D eigenvalue weighted by molar-refractivity contribution is 0.188. The Kier molecular flexibility index (Phi) is 5.90. The normalized spacial score (nSPS) is 12.4. The molecule has 0 aliphatic rings. The van der Waals surface area contributed by atoms with Gasteiger partial charge in [-0.15, -0.1) is 0 Å². The van der Waals surface area contributed by atoms with Crippen LogP contribution in [0.3, 0.4) is 0 Å². The summed E-state index contributed by atoms with van der Waals surface area (Å²) in [7, 11) is 1.71. The molecule has 90 valence electrons. The number of anilines is 1. The number of methoxy groups -OCH3 is 1. The second kappa shape index (κ2) is 7.25. The largest absolute Gasteiger partial charge is 0.385 e. The standard InChI is InChI=1S/C13H22N2O/c1-3-15(11-12(14)9-10-16-2)13-7-5-4-6-8-13/h4-8,12H,3,9-11,14H2,1-2H3. The molecule has 0 radical (unpaired) electrons. The van der Waals surface area contributed by atoms with E-state index in [9.17, 15) is 0 Å². The number of nitrogens with zero attached hydrogens (tertiary/aromatic N) is 1. The van der Waals surface area contributed by atoms with Crippen LogP contribution in [0.5, 0.6) is 0 Å². The zero-order valence-corrected chi connectivity index (χ0v) is 10.2. The third-order valence-electron chi connectivity index (χ3n) is 2.65. The quantitative estimate of drug-likeness (QED) is 0.765. The van der Waals surface area contributed by atoms with Crippen molar-refractivity contribution in [1.29, 1.82) is 0 Å². The zero-order valence-electron chi connectivity index (χ0n) is 10.2. The summed E-state index contributed by atoms with van der Waals surface area (Å²) in [4.78, 5) is 2.29. The molecule has 0 saturated heterocycles. The number of hydrogen-bond donors (Lipinski definition) is 1. The minimum atomic E-state index is 0.167. The van der Waals surface area contributed by atoms with Gasteiger partial charge >= 0.3 is 0 Å². The van der Waals surface area contributed by atoms with Gasteiger partial charge in [0, 0.05) is 38.5 Å². The number of likely N-dealkylation sites (N-methyl/N-ethyl adjacent to an activating group) is 1. The molecule has 0 heterocycles. The van der Waals surface area contributed by atoms with Crippen molar-refractivity contribution in [1.82, 2.24) is 0 Å². The Bertz CT molecular complexity index is 277. The van der Waals surface area contributed by atoms with Crippen LogP contribution in [0.15, 0.2) is 30.3 Å². The molecule has 1 rings (SSSR count). The molecule has 1 unspecified atom stereocenters. The number of hydrogen-bond acceptors (Lipinski definition) is 3. The number of nitrogens with two attached hydrogens (primary N) is 1. The van der Waals surface area contributed by atoms with Crippen LogP contribution in [-0.2, 0) is 4.74 Å². The van der Waals surface area contributed by atoms with E-state index < -0.39 is 0 Å². The monoisotopic (exact) mass is 222 g/mol. The average Bonchev–Trinajstić information content (AvgIpc) is 2.34. The van der Waals surface area contributed by atoms with Crippen molar-refractivity contribution in [3.8, 4) is 0 Å². The predicted octanol–water partition coefficient (Wildman–Crippen LogP) is 1.88. The Labute approximate surface area is 98.2 Å². The van der Waals surface area contributed by atoms with Gasteiger partial charge in [-0.05, 0) is 25.5 Å². The van der Waals surface area contributed by atoms with Crippen molar-refractivity contribution in [3.05, 3.63) is 30.3 Å². The van der Waals surface area contributed by atoms with E-state index in [1.165, 1.54) is 5.69 Å². The Balaban J connectivity index is 2.49. The summed E-state index contributed by atoms with van der Waals surface area (Å²) in [5.74, 6) is 0. The van der Waals surface area contributed by atoms with Crippen LogP contribution in [0.25, 0.3) is 0 Å². The van der Waals surface area contributed by atoms with Crippen molar-refractivity contribution in [3.63, 3.8) is 0 Å². The van der Waals surface area contributed by atoms with Crippen molar-refractivity contribution in [2.45, 2.75) is 19.4 Å². The predicted molar refractivity (Wildman–Crippen MR) is 68.8 cm³/mol. The van der Waals surface area contributed by atoms with E-state index in [4.69, 9.17) is 10.5 Å². The van der Waals surface area contributed by atoms with Gasteiger partial charge in [-0.25, -0.2) is 0 Å². The highest BCUT2D eigenvalue weighted by Gasteiger charge is 2.09. The van der Waals surface area contributed by atoms with Gasteiger partial charge in [0.1, 0.15) is 0 Å². The average molecular weight is 222 g/mol. The van der Waals surface area contributed by atoms with E-state index in [1.807, 2.05) is 6.07 Å². The van der Waals surface area contributed by atoms with Crippen LogP contribution in [0, 0.1) is 0 Å². The first-order valence-corrected chi connectivity index (χ1v) is 5.82. The summed E-state index contributed by atoms with van der Waals surface area (Å²) < 4.78 is 5.03. The molecule has 1 aromatic carbocycles. The highest BCUT2D eigenvalue weighted by Crippen LogP contribution is 2.13. The molecule has 0 spiro atoms. The summed E-state index contributed by atoms with van der Waals surface area (Å²) in [6.07, 6.45) is 0.903. The second-order valence-electron chi connectivity index (χ2n) is 3.92. The van der Waals surface area contributed by atoms with E-state index >= 15 is 0 Å². The van der Waals surface area contributed by atoms with E-state index in [-0.39, 0.29) is 6.04 Å². The SMILES string of the molecule is CCN(CC(N)CCOC)c1ccccc1. The lowest BCUT2D eigenvalue weighted by Gasteiger charge is -2.26. The molecule has 0 saturated carbocycles. The number of ether oxygens (including phenoxy) is 1. The molecular weight excluding hydrogens is 200 g/mol. The number of benzene rings is 1. The van der Waals surface area contributed by atoms with Crippen LogP contribution in [0.2, 0.25) is 0 Å². The van der Waals surface area contributed by atoms with E-state index in [2.05, 4.69) is 36.1 Å². The van der Waals surface area contributed by atoms with Crippen molar-refractivity contribution >= 4 is 5.69 Å². The third-order valence-corrected chi connectivity index (χ3v) is 2.65. The molecule has 0 aliphatic heterocycles. The van der Waals surface area contributed by atoms with Crippen molar-refractivity contribution < 1.29 is 4.74 Å². The highest BCUT2D eigenvalue weighted by molar-refractivity contribution is 5.45. The molecule has 0 bridgehead atoms. The minimum absolute atomic E-state index is 0.167. The Morgan fingerprint density at radius 3 is 2.56 bits per heavy atom. The van der Waals surface area contributed by atoms with Crippen LogP contribution >= 0.6 is 0 Å². The highest BCUT2D eigenvalue weighted by atomic mass is 16.5. The fourth-order valence-electron chi connectivity index (χ4n) is 1.70. The summed E-state index contributed by atoms with van der Waals surface area (Å²) >= 11 is 0. The smallest absolute Gasteiger partial charge is 0.0477 e. The summed E-state index contributed by atoms with van der Waals surface area (Å²) in [6.45, 7) is 4.73. The van der Waals surface area contributed by atoms with Gasteiger partial charge in [0.2, 0.25) is 0 Å². The van der Waals surface area contributed by atoms with E-state index in [0.29, 0.717) is 0 Å². The molecule has 0 amide bonds. The summed E-state index contributed by atoms with van der Waals surface area (Å²) in [5.41, 5.74) is 7.29. The van der Waals surface area contributed by atoms with Crippen molar-refractivity contribution in [2.24, 2.45) is 5.73 Å². The minimum Gasteiger partial charge on any atom is -0.385 e. The molecule has 1 aromatic rings. The van der Waals surface area contributed by atoms with E-state index in [0.717, 1.165) is 26.1 Å². The second-order valence-corrected chi connectivity index (χ2v) is 3.92. The van der Waals surface area contributed by atoms with Gasteiger partial charge in [-0.1, -0.05) is 18.2 Å². The van der Waals surface area contributed by atoms with Crippen molar-refractivity contribution in [2.75, 3.05) is 31.7 Å². The van der Waals surface area contributed by atoms with Gasteiger partial charge in [0.15, 0.2) is 0 Å². The molecule has 3 nitrogen and oxygen atoms in total. The van der Waals surface area contributed by atoms with Gasteiger partial charge in [-0.3, -0.25) is 0 Å². The molecule has 3 heteroatoms. The fourth-order valence-corrected chi connectivity index (χ4v) is 1.70. The molecule has 0 fully saturated rings. The van der Waals surface area contributed by atoms with Crippen LogP contribution in [-0.4, -0.2) is 32.8 Å². The van der Waals surface area contributed by atoms with E-state index in [1.54, 1.807) is 7.11 Å². The molecule has 0 aromatic heterocycles. The zero-order chi connectivity index (χ0) is 11.8. The van der Waals surface area contributed by atoms with Gasteiger partial charge in [-0.2, -0.15) is 0 Å². The first kappa shape index (κ1) is 13.0. The van der Waals surface area contributed by atoms with Crippen LogP contribution < -0.4 is 10.6 Å². The maximum atomic E-state index is 6.05. The molecular formula is C13H22N2O. The summed E-state index contributed by atoms with van der Waals surface area (Å²) in [5, 5.41) is 0. The molecule has 0 aliphatic carbocycles.